The number of rotatable bonds is 5. The molecule has 0 amide bonds. The summed E-state index contributed by atoms with van der Waals surface area (Å²) in [5.74, 6) is -0.109. The molecular weight excluding hydrogens is 461 g/mol. The molecule has 0 unspecified atom stereocenters. The van der Waals surface area contributed by atoms with E-state index in [1.807, 2.05) is 12.1 Å². The van der Waals surface area contributed by atoms with Crippen molar-refractivity contribution in [3.05, 3.63) is 66.1 Å². The molecule has 33 heavy (non-hydrogen) atoms. The predicted octanol–water partition coefficient (Wildman–Crippen LogP) is 4.75. The minimum absolute atomic E-state index is 0.0333. The van der Waals surface area contributed by atoms with E-state index in [4.69, 9.17) is 4.74 Å². The summed E-state index contributed by atoms with van der Waals surface area (Å²) >= 11 is 1.39. The number of piperidine rings is 1. The molecule has 2 aromatic heterocycles. The lowest BCUT2D eigenvalue weighted by Crippen LogP contribution is -2.38. The van der Waals surface area contributed by atoms with Crippen LogP contribution in [0.15, 0.2) is 59.1 Å². The molecule has 3 heterocycles. The second-order valence-electron chi connectivity index (χ2n) is 7.98. The molecule has 0 N–H and O–H groups in total. The van der Waals surface area contributed by atoms with Crippen molar-refractivity contribution in [2.45, 2.75) is 23.8 Å². The van der Waals surface area contributed by atoms with Crippen molar-refractivity contribution in [2.24, 2.45) is 0 Å². The fraction of sp³-hybridized carbons (Fsp3) is 0.250. The van der Waals surface area contributed by atoms with Gasteiger partial charge in [0.2, 0.25) is 5.88 Å². The maximum atomic E-state index is 14.8. The third-order valence-electron chi connectivity index (χ3n) is 5.77. The van der Waals surface area contributed by atoms with Crippen LogP contribution in [-0.4, -0.2) is 43.8 Å². The molecule has 5 rings (SSSR count). The molecule has 0 aliphatic carbocycles. The van der Waals surface area contributed by atoms with Crippen molar-refractivity contribution in [3.8, 4) is 17.0 Å². The normalized spacial score (nSPS) is 15.2. The summed E-state index contributed by atoms with van der Waals surface area (Å²) in [6, 6.07) is 14.9. The first kappa shape index (κ1) is 21.8. The molecule has 1 fully saturated rings. The smallest absolute Gasteiger partial charge is 0.235 e. The summed E-state index contributed by atoms with van der Waals surface area (Å²) in [5, 5.41) is 1.81. The predicted molar refractivity (Wildman–Crippen MR) is 127 cm³/mol. The number of halogens is 1. The Kier molecular flexibility index (Phi) is 5.76. The summed E-state index contributed by atoms with van der Waals surface area (Å²) in [4.78, 5) is 11.0. The zero-order valence-corrected chi connectivity index (χ0v) is 19.5. The molecule has 1 aliphatic heterocycles. The minimum atomic E-state index is -3.49. The number of anilines is 1. The zero-order valence-electron chi connectivity index (χ0n) is 17.9. The van der Waals surface area contributed by atoms with Crippen molar-refractivity contribution >= 4 is 37.1 Å². The van der Waals surface area contributed by atoms with Crippen LogP contribution in [0.5, 0.6) is 5.88 Å². The lowest BCUT2D eigenvalue weighted by molar-refractivity contribution is 0.166. The fourth-order valence-electron chi connectivity index (χ4n) is 4.03. The van der Waals surface area contributed by atoms with E-state index in [-0.39, 0.29) is 11.0 Å². The van der Waals surface area contributed by atoms with Crippen LogP contribution in [0.25, 0.3) is 21.3 Å². The van der Waals surface area contributed by atoms with Gasteiger partial charge in [-0.2, -0.15) is 0 Å². The average Bonchev–Trinajstić information content (AvgIpc) is 3.24. The van der Waals surface area contributed by atoms with Crippen LogP contribution in [0.1, 0.15) is 12.8 Å². The Morgan fingerprint density at radius 2 is 1.88 bits per heavy atom. The van der Waals surface area contributed by atoms with Gasteiger partial charge < -0.3 is 9.64 Å². The number of fused-ring (bicyclic) bond motifs is 1. The minimum Gasteiger partial charge on any atom is -0.473 e. The Morgan fingerprint density at radius 1 is 1.12 bits per heavy atom. The third kappa shape index (κ3) is 4.43. The molecule has 1 saturated heterocycles. The van der Waals surface area contributed by atoms with Gasteiger partial charge in [0.05, 0.1) is 10.4 Å². The Labute approximate surface area is 195 Å². The molecular formula is C24H21FN3O3S2. The maximum absolute atomic E-state index is 14.8. The van der Waals surface area contributed by atoms with Gasteiger partial charge in [0.25, 0.3) is 0 Å². The summed E-state index contributed by atoms with van der Waals surface area (Å²) in [6.07, 6.45) is 4.24. The Balaban J connectivity index is 1.37. The van der Waals surface area contributed by atoms with Gasteiger partial charge >= 0.3 is 0 Å². The topological polar surface area (TPSA) is 72.4 Å². The summed E-state index contributed by atoms with van der Waals surface area (Å²) in [6.45, 7) is 1.77. The van der Waals surface area contributed by atoms with Crippen LogP contribution in [-0.2, 0) is 9.84 Å². The second-order valence-corrected chi connectivity index (χ2v) is 10.9. The van der Waals surface area contributed by atoms with E-state index in [1.165, 1.54) is 35.5 Å². The second kappa shape index (κ2) is 8.72. The van der Waals surface area contributed by atoms with Crippen LogP contribution < -0.4 is 9.64 Å². The van der Waals surface area contributed by atoms with E-state index in [1.54, 1.807) is 5.38 Å². The first-order valence-corrected chi connectivity index (χ1v) is 13.3. The number of nitrogens with zero attached hydrogens (tertiary/aromatic N) is 3. The Hall–Kier alpha value is -3.04. The largest absolute Gasteiger partial charge is 0.473 e. The molecule has 9 heteroatoms. The van der Waals surface area contributed by atoms with E-state index in [9.17, 15) is 12.8 Å². The number of hydrogen-bond donors (Lipinski definition) is 0. The molecule has 1 radical (unpaired) electrons. The highest BCUT2D eigenvalue weighted by molar-refractivity contribution is 7.90. The Bertz CT molecular complexity index is 1400. The van der Waals surface area contributed by atoms with E-state index >= 15 is 0 Å². The van der Waals surface area contributed by atoms with E-state index < -0.39 is 15.7 Å². The standard InChI is InChI=1S/C24H21FN3O3S2/c1-33(29,30)18-7-8-19(21(25)13-18)20-14-32-23-22(20)26-15-27-24(23)31-17-9-11-28(12-10-17)16-5-3-2-4-6-16/h3-8,13-15,17H,9-12H2,1H3. The fourth-order valence-corrected chi connectivity index (χ4v) is 5.61. The van der Waals surface area contributed by atoms with Crippen molar-refractivity contribution in [1.29, 1.82) is 0 Å². The van der Waals surface area contributed by atoms with Crippen LogP contribution in [0.2, 0.25) is 0 Å². The first-order valence-electron chi connectivity index (χ1n) is 10.5. The maximum Gasteiger partial charge on any atom is 0.235 e. The molecule has 6 nitrogen and oxygen atoms in total. The van der Waals surface area contributed by atoms with Crippen LogP contribution in [0, 0.1) is 11.9 Å². The SMILES string of the molecule is CS(=O)(=O)c1ccc(-c2csc3c(OC4CCN(c5cc[c]cc5)CC4)ncnc23)c(F)c1. The van der Waals surface area contributed by atoms with Crippen molar-refractivity contribution in [3.63, 3.8) is 0 Å². The van der Waals surface area contributed by atoms with Gasteiger partial charge in [-0.15, -0.1) is 11.3 Å². The number of thiophene rings is 1. The van der Waals surface area contributed by atoms with Crippen LogP contribution in [0.3, 0.4) is 0 Å². The van der Waals surface area contributed by atoms with Gasteiger partial charge in [0.1, 0.15) is 22.9 Å². The van der Waals surface area contributed by atoms with Gasteiger partial charge in [0, 0.05) is 54.4 Å². The molecule has 0 atom stereocenters. The molecule has 2 aromatic carbocycles. The highest BCUT2D eigenvalue weighted by Crippen LogP contribution is 2.38. The number of hydrogen-bond acceptors (Lipinski definition) is 7. The third-order valence-corrected chi connectivity index (χ3v) is 7.83. The molecule has 0 bridgehead atoms. The Morgan fingerprint density at radius 3 is 2.58 bits per heavy atom. The first-order chi connectivity index (χ1) is 15.9. The van der Waals surface area contributed by atoms with Gasteiger partial charge in [-0.3, -0.25) is 0 Å². The van der Waals surface area contributed by atoms with Crippen LogP contribution >= 0.6 is 11.3 Å². The molecule has 1 aliphatic rings. The van der Waals surface area contributed by atoms with E-state index in [2.05, 4.69) is 33.1 Å². The lowest BCUT2D eigenvalue weighted by Gasteiger charge is -2.33. The molecule has 4 aromatic rings. The van der Waals surface area contributed by atoms with E-state index in [0.717, 1.165) is 43.0 Å². The van der Waals surface area contributed by atoms with Gasteiger partial charge in [-0.1, -0.05) is 18.2 Å². The van der Waals surface area contributed by atoms with Crippen LogP contribution in [0.4, 0.5) is 10.1 Å². The molecule has 169 valence electrons. The number of ether oxygens (including phenoxy) is 1. The van der Waals surface area contributed by atoms with E-state index in [0.29, 0.717) is 22.5 Å². The van der Waals surface area contributed by atoms with Gasteiger partial charge in [-0.05, 0) is 30.3 Å². The van der Waals surface area contributed by atoms with Gasteiger partial charge in [0.15, 0.2) is 9.84 Å². The van der Waals surface area contributed by atoms with Crippen molar-refractivity contribution < 1.29 is 17.5 Å². The number of benzene rings is 2. The van der Waals surface area contributed by atoms with Crippen molar-refractivity contribution in [2.75, 3.05) is 24.2 Å². The number of sulfone groups is 1. The zero-order chi connectivity index (χ0) is 23.0. The summed E-state index contributed by atoms with van der Waals surface area (Å²) < 4.78 is 45.2. The quantitative estimate of drug-likeness (QED) is 0.409. The molecule has 0 saturated carbocycles. The van der Waals surface area contributed by atoms with Crippen molar-refractivity contribution in [1.82, 2.24) is 9.97 Å². The monoisotopic (exact) mass is 482 g/mol. The average molecular weight is 483 g/mol. The highest BCUT2D eigenvalue weighted by atomic mass is 32.2. The highest BCUT2D eigenvalue weighted by Gasteiger charge is 2.23. The number of aromatic nitrogens is 2. The summed E-state index contributed by atoms with van der Waals surface area (Å²) in [5.41, 5.74) is 2.67. The summed E-state index contributed by atoms with van der Waals surface area (Å²) in [7, 11) is -3.49. The lowest BCUT2D eigenvalue weighted by atomic mass is 10.1. The van der Waals surface area contributed by atoms with Gasteiger partial charge in [-0.25, -0.2) is 22.8 Å². The molecule has 0 spiro atoms.